The molecule has 2 fully saturated rings. The fourth-order valence-corrected chi connectivity index (χ4v) is 6.14. The summed E-state index contributed by atoms with van der Waals surface area (Å²) in [6.07, 6.45) is 6.76. The summed E-state index contributed by atoms with van der Waals surface area (Å²) in [6.45, 7) is 4.00. The summed E-state index contributed by atoms with van der Waals surface area (Å²) in [5.41, 5.74) is -0.929. The average molecular weight is 521 g/mol. The quantitative estimate of drug-likeness (QED) is 0.198. The maximum absolute atomic E-state index is 14.9. The lowest BCUT2D eigenvalue weighted by Crippen LogP contribution is -2.30. The van der Waals surface area contributed by atoms with E-state index in [0.717, 1.165) is 43.6 Å². The van der Waals surface area contributed by atoms with Crippen LogP contribution in [-0.2, 0) is 4.79 Å². The van der Waals surface area contributed by atoms with Crippen molar-refractivity contribution in [1.82, 2.24) is 0 Å². The summed E-state index contributed by atoms with van der Waals surface area (Å²) in [7, 11) is 0. The molecule has 0 spiro atoms. The van der Waals surface area contributed by atoms with Crippen LogP contribution in [0.5, 0.6) is 11.5 Å². The van der Waals surface area contributed by atoms with E-state index < -0.39 is 29.6 Å². The molecule has 0 saturated heterocycles. The third-order valence-corrected chi connectivity index (χ3v) is 8.36. The minimum atomic E-state index is -3.12. The molecule has 0 radical (unpaired) electrons. The van der Waals surface area contributed by atoms with E-state index >= 15 is 0 Å². The Morgan fingerprint density at radius 2 is 1.51 bits per heavy atom. The summed E-state index contributed by atoms with van der Waals surface area (Å²) in [5.74, 6) is -1.03. The predicted molar refractivity (Wildman–Crippen MR) is 135 cm³/mol. The van der Waals surface area contributed by atoms with Crippen LogP contribution in [0.4, 0.5) is 17.6 Å². The average Bonchev–Trinajstić information content (AvgIpc) is 2.91. The number of hydrogen-bond acceptors (Lipinski definition) is 3. The van der Waals surface area contributed by atoms with E-state index in [9.17, 15) is 22.4 Å². The number of hydrogen-bond donors (Lipinski definition) is 0. The molecule has 0 amide bonds. The lowest BCUT2D eigenvalue weighted by atomic mass is 9.69. The van der Waals surface area contributed by atoms with E-state index in [1.165, 1.54) is 56.4 Å². The Hall–Kier alpha value is -2.57. The van der Waals surface area contributed by atoms with Crippen molar-refractivity contribution in [1.29, 1.82) is 0 Å². The molecule has 0 heterocycles. The van der Waals surface area contributed by atoms with E-state index in [2.05, 4.69) is 6.92 Å². The maximum atomic E-state index is 14.9. The predicted octanol–water partition coefficient (Wildman–Crippen LogP) is 8.90. The third-order valence-electron chi connectivity index (χ3n) is 8.36. The molecule has 202 valence electrons. The van der Waals surface area contributed by atoms with Crippen LogP contribution in [0.2, 0.25) is 0 Å². The van der Waals surface area contributed by atoms with Crippen LogP contribution in [0.15, 0.2) is 30.3 Å². The zero-order valence-electron chi connectivity index (χ0n) is 21.6. The van der Waals surface area contributed by atoms with E-state index in [0.29, 0.717) is 5.92 Å². The fraction of sp³-hybridized carbons (Fsp3) is 0.567. The fourth-order valence-electron chi connectivity index (χ4n) is 6.14. The van der Waals surface area contributed by atoms with Gasteiger partial charge in [0.15, 0.2) is 23.1 Å². The number of carbonyl (C=O) groups excluding carboxylic acids is 1. The summed E-state index contributed by atoms with van der Waals surface area (Å²) >= 11 is 0. The number of halogens is 4. The first kappa shape index (κ1) is 27.5. The van der Waals surface area contributed by atoms with Crippen LogP contribution < -0.4 is 9.47 Å². The summed E-state index contributed by atoms with van der Waals surface area (Å²) in [6, 6.07) is 6.12. The van der Waals surface area contributed by atoms with Crippen LogP contribution in [0.3, 0.4) is 0 Å². The van der Waals surface area contributed by atoms with Gasteiger partial charge in [-0.2, -0.15) is 0 Å². The molecule has 7 heteroatoms. The molecular weight excluding hydrogens is 484 g/mol. The monoisotopic (exact) mass is 520 g/mol. The van der Waals surface area contributed by atoms with Crippen molar-refractivity contribution in [2.75, 3.05) is 6.61 Å². The molecule has 3 nitrogen and oxygen atoms in total. The highest BCUT2D eigenvalue weighted by atomic mass is 19.3. The number of benzene rings is 2. The number of alkyl halides is 2. The molecule has 4 rings (SSSR count). The zero-order chi connectivity index (χ0) is 26.5. The minimum absolute atomic E-state index is 0.0628. The van der Waals surface area contributed by atoms with Crippen LogP contribution in [0.25, 0.3) is 11.1 Å². The number of ether oxygens (including phenoxy) is 2. The Morgan fingerprint density at radius 3 is 2.08 bits per heavy atom. The highest BCUT2D eigenvalue weighted by molar-refractivity contribution is 5.76. The van der Waals surface area contributed by atoms with Crippen LogP contribution in [-0.4, -0.2) is 12.6 Å². The zero-order valence-corrected chi connectivity index (χ0v) is 21.6. The van der Waals surface area contributed by atoms with Gasteiger partial charge in [-0.3, -0.25) is 4.79 Å². The number of esters is 1. The molecule has 2 saturated carbocycles. The lowest BCUT2D eigenvalue weighted by molar-refractivity contribution is -0.140. The van der Waals surface area contributed by atoms with Gasteiger partial charge >= 0.3 is 5.97 Å². The topological polar surface area (TPSA) is 35.5 Å². The molecular formula is C30H36F4O3. The normalized spacial score (nSPS) is 24.2. The van der Waals surface area contributed by atoms with Gasteiger partial charge in [0.25, 0.3) is 6.43 Å². The van der Waals surface area contributed by atoms with Gasteiger partial charge in [-0.1, -0.05) is 32.3 Å². The molecule has 0 bridgehead atoms. The molecule has 0 atom stereocenters. The van der Waals surface area contributed by atoms with Crippen molar-refractivity contribution >= 4 is 5.97 Å². The van der Waals surface area contributed by atoms with Crippen molar-refractivity contribution in [3.8, 4) is 22.6 Å². The maximum Gasteiger partial charge on any atom is 0.314 e. The van der Waals surface area contributed by atoms with Crippen molar-refractivity contribution in [3.05, 3.63) is 47.5 Å². The first-order chi connectivity index (χ1) is 17.8. The first-order valence-corrected chi connectivity index (χ1v) is 13.6. The van der Waals surface area contributed by atoms with Crippen molar-refractivity contribution in [3.63, 3.8) is 0 Å². The number of carbonyl (C=O) groups is 1. The summed E-state index contributed by atoms with van der Waals surface area (Å²) in [5, 5.41) is 0. The molecule has 2 aromatic carbocycles. The summed E-state index contributed by atoms with van der Waals surface area (Å²) in [4.78, 5) is 12.8. The van der Waals surface area contributed by atoms with Crippen molar-refractivity contribution < 1.29 is 31.8 Å². The second-order valence-corrected chi connectivity index (χ2v) is 10.4. The van der Waals surface area contributed by atoms with E-state index in [-0.39, 0.29) is 35.2 Å². The Labute approximate surface area is 216 Å². The van der Waals surface area contributed by atoms with E-state index in [1.807, 2.05) is 0 Å². The van der Waals surface area contributed by atoms with Crippen molar-refractivity contribution in [2.24, 2.45) is 23.7 Å². The second kappa shape index (κ2) is 12.3. The molecule has 2 aliphatic rings. The Kier molecular flexibility index (Phi) is 9.14. The second-order valence-electron chi connectivity index (χ2n) is 10.4. The molecule has 0 aromatic heterocycles. The molecule has 0 unspecified atom stereocenters. The van der Waals surface area contributed by atoms with Crippen LogP contribution >= 0.6 is 0 Å². The van der Waals surface area contributed by atoms with Gasteiger partial charge in [0.2, 0.25) is 0 Å². The Balaban J connectivity index is 1.39. The van der Waals surface area contributed by atoms with Gasteiger partial charge < -0.3 is 9.47 Å². The highest BCUT2D eigenvalue weighted by Crippen LogP contribution is 2.43. The molecule has 0 aliphatic heterocycles. The third kappa shape index (κ3) is 6.29. The van der Waals surface area contributed by atoms with Gasteiger partial charge in [0.05, 0.1) is 18.1 Å². The van der Waals surface area contributed by atoms with E-state index in [1.54, 1.807) is 6.92 Å². The van der Waals surface area contributed by atoms with Gasteiger partial charge in [-0.15, -0.1) is 0 Å². The summed E-state index contributed by atoms with van der Waals surface area (Å²) < 4.78 is 67.3. The largest absolute Gasteiger partial charge is 0.491 e. The standard InChI is InChI=1S/C30H36F4O3/c1-3-18-5-7-19(8-6-18)20-9-11-21(12-10-20)30(35)37-25-15-13-22(17-24(25)31)23-14-16-26(36-4-2)28(32)27(23)29(33)34/h13-21,29H,3-12H2,1-2H3. The minimum Gasteiger partial charge on any atom is -0.491 e. The van der Waals surface area contributed by atoms with Gasteiger partial charge in [-0.05, 0) is 98.6 Å². The van der Waals surface area contributed by atoms with E-state index in [4.69, 9.17) is 9.47 Å². The molecule has 2 aliphatic carbocycles. The van der Waals surface area contributed by atoms with Crippen molar-refractivity contribution in [2.45, 2.75) is 78.1 Å². The SMILES string of the molecule is CCOc1ccc(-c2ccc(OC(=O)C3CCC(C4CCC(CC)CC4)CC3)c(F)c2)c(C(F)F)c1F. The van der Waals surface area contributed by atoms with Crippen LogP contribution in [0.1, 0.15) is 83.6 Å². The van der Waals surface area contributed by atoms with Gasteiger partial charge in [-0.25, -0.2) is 17.6 Å². The first-order valence-electron chi connectivity index (χ1n) is 13.6. The molecule has 37 heavy (non-hydrogen) atoms. The van der Waals surface area contributed by atoms with Gasteiger partial charge in [0.1, 0.15) is 0 Å². The number of rotatable bonds is 8. The van der Waals surface area contributed by atoms with Crippen LogP contribution in [0, 0.1) is 35.3 Å². The Bertz CT molecular complexity index is 1070. The molecule has 2 aromatic rings. The lowest BCUT2D eigenvalue weighted by Gasteiger charge is -2.37. The Morgan fingerprint density at radius 1 is 0.892 bits per heavy atom. The molecule has 0 N–H and O–H groups in total. The smallest absolute Gasteiger partial charge is 0.314 e. The van der Waals surface area contributed by atoms with Gasteiger partial charge in [0, 0.05) is 0 Å². The highest BCUT2D eigenvalue weighted by Gasteiger charge is 2.33.